The summed E-state index contributed by atoms with van der Waals surface area (Å²) in [5, 5.41) is 18.2. The Bertz CT molecular complexity index is 789. The lowest BCUT2D eigenvalue weighted by molar-refractivity contribution is -0.201. The van der Waals surface area contributed by atoms with E-state index < -0.39 is 29.1 Å². The average molecular weight is 437 g/mol. The van der Waals surface area contributed by atoms with Crippen LogP contribution in [0.3, 0.4) is 0 Å². The smallest absolute Gasteiger partial charge is 0.306 e. The van der Waals surface area contributed by atoms with Crippen LogP contribution >= 0.6 is 0 Å². The molecule has 3 aliphatic rings. The second kappa shape index (κ2) is 8.23. The maximum Gasteiger partial charge on any atom is 0.306 e. The molecule has 1 saturated carbocycles. The van der Waals surface area contributed by atoms with Gasteiger partial charge in [0, 0.05) is 10.8 Å². The van der Waals surface area contributed by atoms with Crippen molar-refractivity contribution in [3.8, 4) is 0 Å². The fourth-order valence-electron chi connectivity index (χ4n) is 6.70. The van der Waals surface area contributed by atoms with Crippen molar-refractivity contribution in [1.29, 1.82) is 0 Å². The van der Waals surface area contributed by atoms with Crippen LogP contribution in [0.25, 0.3) is 0 Å². The van der Waals surface area contributed by atoms with Crippen molar-refractivity contribution in [1.82, 2.24) is 0 Å². The van der Waals surface area contributed by atoms with Crippen LogP contribution in [0.15, 0.2) is 11.6 Å². The molecule has 1 saturated heterocycles. The number of hydrogen-bond donors (Lipinski definition) is 2. The van der Waals surface area contributed by atoms with Gasteiger partial charge in [0.15, 0.2) is 0 Å². The highest BCUT2D eigenvalue weighted by molar-refractivity contribution is 5.76. The third-order valence-corrected chi connectivity index (χ3v) is 8.33. The van der Waals surface area contributed by atoms with Gasteiger partial charge in [-0.2, -0.15) is 0 Å². The molecule has 1 aliphatic heterocycles. The molecular weight excluding hydrogens is 400 g/mol. The van der Waals surface area contributed by atoms with Crippen LogP contribution < -0.4 is 0 Å². The summed E-state index contributed by atoms with van der Waals surface area (Å²) < 4.78 is 12.3. The Morgan fingerprint density at radius 1 is 1.06 bits per heavy atom. The normalized spacial score (nSPS) is 39.6. The summed E-state index contributed by atoms with van der Waals surface area (Å²) in [4.78, 5) is 34.3. The number of esters is 1. The second-order valence-corrected chi connectivity index (χ2v) is 10.6. The van der Waals surface area contributed by atoms with Crippen molar-refractivity contribution >= 4 is 17.9 Å². The molecule has 0 aromatic carbocycles. The minimum absolute atomic E-state index is 0.0127. The molecule has 0 radical (unpaired) electrons. The highest BCUT2D eigenvalue weighted by atomic mass is 16.5. The third-order valence-electron chi connectivity index (χ3n) is 8.33. The molecular formula is C24H36O7. The third kappa shape index (κ3) is 4.26. The molecule has 2 aliphatic carbocycles. The van der Waals surface area contributed by atoms with E-state index in [1.165, 1.54) is 5.57 Å². The zero-order chi connectivity index (χ0) is 23.1. The summed E-state index contributed by atoms with van der Waals surface area (Å²) in [6, 6.07) is 0. The van der Waals surface area contributed by atoms with Crippen molar-refractivity contribution in [3.63, 3.8) is 0 Å². The second-order valence-electron chi connectivity index (χ2n) is 10.6. The molecule has 2 fully saturated rings. The van der Waals surface area contributed by atoms with Gasteiger partial charge < -0.3 is 19.7 Å². The van der Waals surface area contributed by atoms with E-state index in [0.29, 0.717) is 6.42 Å². The average Bonchev–Trinajstić information content (AvgIpc) is 3.01. The minimum Gasteiger partial charge on any atom is -0.481 e. The lowest BCUT2D eigenvalue weighted by Gasteiger charge is -2.61. The quantitative estimate of drug-likeness (QED) is 0.451. The summed E-state index contributed by atoms with van der Waals surface area (Å²) in [6.45, 7) is 8.70. The van der Waals surface area contributed by atoms with Crippen molar-refractivity contribution in [2.24, 2.45) is 16.7 Å². The molecule has 1 spiro atoms. The van der Waals surface area contributed by atoms with Gasteiger partial charge in [-0.15, -0.1) is 0 Å². The Balaban J connectivity index is 1.84. The topological polar surface area (TPSA) is 110 Å². The summed E-state index contributed by atoms with van der Waals surface area (Å²) in [6.07, 6.45) is 7.12. The van der Waals surface area contributed by atoms with Gasteiger partial charge in [0.2, 0.25) is 0 Å². The van der Waals surface area contributed by atoms with E-state index in [9.17, 15) is 19.5 Å². The lowest BCUT2D eigenvalue weighted by Crippen LogP contribution is -2.60. The van der Waals surface area contributed by atoms with Gasteiger partial charge in [0.1, 0.15) is 0 Å². The molecule has 1 heterocycles. The van der Waals surface area contributed by atoms with Gasteiger partial charge in [0.25, 0.3) is 0 Å². The van der Waals surface area contributed by atoms with E-state index in [1.54, 1.807) is 0 Å². The Kier molecular flexibility index (Phi) is 6.31. The van der Waals surface area contributed by atoms with Crippen LogP contribution in [0, 0.1) is 16.7 Å². The predicted octanol–water partition coefficient (Wildman–Crippen LogP) is 4.34. The molecule has 7 nitrogen and oxygen atoms in total. The van der Waals surface area contributed by atoms with Crippen molar-refractivity contribution in [3.05, 3.63) is 11.6 Å². The van der Waals surface area contributed by atoms with Crippen LogP contribution in [-0.2, 0) is 23.9 Å². The molecule has 174 valence electrons. The number of rotatable bonds is 7. The number of carboxylic acid groups (broad SMARTS) is 2. The first-order chi connectivity index (χ1) is 14.4. The molecule has 3 rings (SSSR count). The van der Waals surface area contributed by atoms with E-state index in [2.05, 4.69) is 26.8 Å². The monoisotopic (exact) mass is 436 g/mol. The summed E-state index contributed by atoms with van der Waals surface area (Å²) in [5.74, 6) is -2.11. The zero-order valence-electron chi connectivity index (χ0n) is 19.2. The van der Waals surface area contributed by atoms with Gasteiger partial charge in [-0.1, -0.05) is 26.3 Å². The van der Waals surface area contributed by atoms with E-state index in [-0.39, 0.29) is 42.6 Å². The number of carbonyl (C=O) groups excluding carboxylic acids is 1. The van der Waals surface area contributed by atoms with Crippen LogP contribution in [-0.4, -0.2) is 45.9 Å². The largest absolute Gasteiger partial charge is 0.481 e. The number of carbonyl (C=O) groups is 3. The highest BCUT2D eigenvalue weighted by Gasteiger charge is 2.65. The van der Waals surface area contributed by atoms with E-state index >= 15 is 0 Å². The number of hydrogen-bond acceptors (Lipinski definition) is 5. The Morgan fingerprint density at radius 2 is 1.77 bits per heavy atom. The number of fused-ring (bicyclic) bond motifs is 2. The van der Waals surface area contributed by atoms with E-state index in [4.69, 9.17) is 14.6 Å². The van der Waals surface area contributed by atoms with Crippen LogP contribution in [0.2, 0.25) is 0 Å². The zero-order valence-corrected chi connectivity index (χ0v) is 19.2. The Labute approximate surface area is 184 Å². The fourth-order valence-corrected chi connectivity index (χ4v) is 6.70. The number of aliphatic carboxylic acids is 2. The SMILES string of the molecule is CC1=CCC2C(C)(COC(=O)CCC(=O)O)CCCC2(C)C12CCC(C)(CC(=O)O)O2. The molecule has 2 N–H and O–H groups in total. The van der Waals surface area contributed by atoms with Crippen molar-refractivity contribution in [2.75, 3.05) is 6.61 Å². The molecule has 5 atom stereocenters. The summed E-state index contributed by atoms with van der Waals surface area (Å²) in [5.41, 5.74) is -0.450. The number of carboxylic acids is 2. The van der Waals surface area contributed by atoms with Crippen LogP contribution in [0.5, 0.6) is 0 Å². The maximum absolute atomic E-state index is 12.1. The Hall–Kier alpha value is -1.89. The van der Waals surface area contributed by atoms with E-state index in [1.807, 2.05) is 6.92 Å². The molecule has 31 heavy (non-hydrogen) atoms. The predicted molar refractivity (Wildman–Crippen MR) is 113 cm³/mol. The Morgan fingerprint density at radius 3 is 2.42 bits per heavy atom. The molecule has 5 unspecified atom stereocenters. The van der Waals surface area contributed by atoms with Crippen LogP contribution in [0.4, 0.5) is 0 Å². The molecule has 0 amide bonds. The number of allylic oxidation sites excluding steroid dienone is 1. The van der Waals surface area contributed by atoms with Crippen molar-refractivity contribution in [2.45, 2.75) is 96.7 Å². The molecule has 7 heteroatoms. The fraction of sp³-hybridized carbons (Fsp3) is 0.792. The van der Waals surface area contributed by atoms with Gasteiger partial charge in [-0.05, 0) is 57.4 Å². The van der Waals surface area contributed by atoms with Gasteiger partial charge in [-0.25, -0.2) is 0 Å². The summed E-state index contributed by atoms with van der Waals surface area (Å²) in [7, 11) is 0. The standard InChI is InChI=1S/C24H36O7/c1-16-6-7-17-21(2,15-30-20(29)9-8-18(25)26)10-5-11-23(17,4)24(16)13-12-22(3,31-24)14-19(27)28/h6,17H,5,7-15H2,1-4H3,(H,25,26)(H,27,28). The van der Waals surface area contributed by atoms with Gasteiger partial charge in [-0.3, -0.25) is 14.4 Å². The first-order valence-electron chi connectivity index (χ1n) is 11.3. The minimum atomic E-state index is -1.01. The first kappa shape index (κ1) is 23.8. The highest BCUT2D eigenvalue weighted by Crippen LogP contribution is 2.66. The summed E-state index contributed by atoms with van der Waals surface area (Å²) >= 11 is 0. The van der Waals surface area contributed by atoms with Gasteiger partial charge >= 0.3 is 17.9 Å². The van der Waals surface area contributed by atoms with E-state index in [0.717, 1.165) is 32.1 Å². The lowest BCUT2D eigenvalue weighted by atomic mass is 9.46. The first-order valence-corrected chi connectivity index (χ1v) is 11.3. The molecule has 0 bridgehead atoms. The van der Waals surface area contributed by atoms with Crippen LogP contribution in [0.1, 0.15) is 85.5 Å². The van der Waals surface area contributed by atoms with Gasteiger partial charge in [0.05, 0.1) is 37.1 Å². The van der Waals surface area contributed by atoms with Crippen molar-refractivity contribution < 1.29 is 34.1 Å². The molecule has 0 aromatic rings. The maximum atomic E-state index is 12.1. The number of ether oxygens (including phenoxy) is 2. The molecule has 0 aromatic heterocycles.